The molecule has 104 valence electrons. The lowest BCUT2D eigenvalue weighted by atomic mass is 9.98. The summed E-state index contributed by atoms with van der Waals surface area (Å²) in [6.45, 7) is 5.62. The maximum Gasteiger partial charge on any atom is 0.166 e. The van der Waals surface area contributed by atoms with Gasteiger partial charge in [-0.15, -0.1) is 0 Å². The Bertz CT molecular complexity index is 253. The molecule has 0 aromatic rings. The van der Waals surface area contributed by atoms with Crippen molar-refractivity contribution < 1.29 is 4.74 Å². The lowest BCUT2D eigenvalue weighted by molar-refractivity contribution is 0.145. The van der Waals surface area contributed by atoms with Crippen molar-refractivity contribution in [1.82, 2.24) is 10.6 Å². The van der Waals surface area contributed by atoms with Crippen LogP contribution in [0.4, 0.5) is 0 Å². The molecule has 0 aromatic heterocycles. The Morgan fingerprint density at radius 1 is 1.22 bits per heavy atom. The van der Waals surface area contributed by atoms with Gasteiger partial charge in [-0.2, -0.15) is 0 Å². The van der Waals surface area contributed by atoms with Crippen LogP contribution in [0.3, 0.4) is 0 Å². The van der Waals surface area contributed by atoms with E-state index in [2.05, 4.69) is 10.6 Å². The van der Waals surface area contributed by atoms with Gasteiger partial charge in [-0.1, -0.05) is 0 Å². The minimum atomic E-state index is 0.799. The summed E-state index contributed by atoms with van der Waals surface area (Å²) in [5.74, 6) is 2.87. The molecule has 0 atom stereocenters. The molecule has 2 fully saturated rings. The maximum atomic E-state index is 5.30. The van der Waals surface area contributed by atoms with Crippen LogP contribution in [0.2, 0.25) is 0 Å². The van der Waals surface area contributed by atoms with Crippen LogP contribution >= 0.6 is 12.2 Å². The Balaban J connectivity index is 1.51. The van der Waals surface area contributed by atoms with Crippen LogP contribution in [0.5, 0.6) is 0 Å². The van der Waals surface area contributed by atoms with Crippen molar-refractivity contribution in [2.45, 2.75) is 39.0 Å². The van der Waals surface area contributed by atoms with Crippen molar-refractivity contribution in [2.75, 3.05) is 26.3 Å². The maximum absolute atomic E-state index is 5.30. The summed E-state index contributed by atoms with van der Waals surface area (Å²) in [5, 5.41) is 7.47. The minimum absolute atomic E-state index is 0.799. The van der Waals surface area contributed by atoms with E-state index < -0.39 is 0 Å². The van der Waals surface area contributed by atoms with E-state index >= 15 is 0 Å². The first-order chi connectivity index (χ1) is 8.81. The van der Waals surface area contributed by atoms with E-state index in [0.717, 1.165) is 55.6 Å². The molecular formula is C14H26N2OS. The van der Waals surface area contributed by atoms with Gasteiger partial charge in [0.2, 0.25) is 0 Å². The van der Waals surface area contributed by atoms with Gasteiger partial charge in [0.1, 0.15) is 0 Å². The topological polar surface area (TPSA) is 33.3 Å². The molecule has 4 heteroatoms. The number of thiocarbonyl (C=S) groups is 1. The third-order valence-corrected chi connectivity index (χ3v) is 4.20. The van der Waals surface area contributed by atoms with Gasteiger partial charge in [0.15, 0.2) is 5.11 Å². The summed E-state index contributed by atoms with van der Waals surface area (Å²) in [4.78, 5) is 0. The summed E-state index contributed by atoms with van der Waals surface area (Å²) < 4.78 is 5.29. The number of hydrogen-bond acceptors (Lipinski definition) is 2. The van der Waals surface area contributed by atoms with E-state index in [1.807, 2.05) is 6.92 Å². The van der Waals surface area contributed by atoms with E-state index in [9.17, 15) is 0 Å². The minimum Gasteiger partial charge on any atom is -0.382 e. The summed E-state index contributed by atoms with van der Waals surface area (Å²) in [7, 11) is 0. The Kier molecular flexibility index (Phi) is 5.70. The predicted molar refractivity (Wildman–Crippen MR) is 78.7 cm³/mol. The molecule has 0 saturated heterocycles. The number of ether oxygens (including phenoxy) is 1. The van der Waals surface area contributed by atoms with Gasteiger partial charge in [-0.3, -0.25) is 0 Å². The second-order valence-electron chi connectivity index (χ2n) is 5.53. The van der Waals surface area contributed by atoms with Crippen LogP contribution in [-0.2, 0) is 4.74 Å². The standard InChI is InChI=1S/C14H26N2OS/c1-2-17-9-3-8-15-14(18)16-10-13(11-4-5-11)12-6-7-12/h11-13H,2-10H2,1H3,(H2,15,16,18). The van der Waals surface area contributed by atoms with Crippen LogP contribution < -0.4 is 10.6 Å². The zero-order valence-corrected chi connectivity index (χ0v) is 12.2. The van der Waals surface area contributed by atoms with Gasteiger partial charge >= 0.3 is 0 Å². The second-order valence-corrected chi connectivity index (χ2v) is 5.93. The summed E-state index contributed by atoms with van der Waals surface area (Å²) in [6, 6.07) is 0. The number of rotatable bonds is 9. The highest BCUT2D eigenvalue weighted by molar-refractivity contribution is 7.80. The molecule has 3 nitrogen and oxygen atoms in total. The predicted octanol–water partition coefficient (Wildman–Crippen LogP) is 2.31. The van der Waals surface area contributed by atoms with Crippen molar-refractivity contribution in [3.8, 4) is 0 Å². The van der Waals surface area contributed by atoms with Crippen molar-refractivity contribution in [3.63, 3.8) is 0 Å². The van der Waals surface area contributed by atoms with E-state index in [-0.39, 0.29) is 0 Å². The van der Waals surface area contributed by atoms with Gasteiger partial charge in [0, 0.05) is 26.3 Å². The highest BCUT2D eigenvalue weighted by atomic mass is 32.1. The van der Waals surface area contributed by atoms with Crippen molar-refractivity contribution in [1.29, 1.82) is 0 Å². The average molecular weight is 270 g/mol. The number of nitrogens with one attached hydrogen (secondary N) is 2. The largest absolute Gasteiger partial charge is 0.382 e. The SMILES string of the molecule is CCOCCCNC(=S)NCC(C1CC1)C1CC1. The molecule has 0 unspecified atom stereocenters. The quantitative estimate of drug-likeness (QED) is 0.497. The normalized spacial score (nSPS) is 19.0. The van der Waals surface area contributed by atoms with E-state index in [0.29, 0.717) is 0 Å². The van der Waals surface area contributed by atoms with E-state index in [1.54, 1.807) is 0 Å². The highest BCUT2D eigenvalue weighted by Crippen LogP contribution is 2.48. The van der Waals surface area contributed by atoms with Crippen LogP contribution in [0.15, 0.2) is 0 Å². The Hall–Kier alpha value is -0.350. The van der Waals surface area contributed by atoms with Crippen LogP contribution in [-0.4, -0.2) is 31.4 Å². The highest BCUT2D eigenvalue weighted by Gasteiger charge is 2.41. The number of hydrogen-bond donors (Lipinski definition) is 2. The van der Waals surface area contributed by atoms with Crippen LogP contribution in [0.25, 0.3) is 0 Å². The Morgan fingerprint density at radius 3 is 2.44 bits per heavy atom. The molecule has 0 aromatic carbocycles. The summed E-state index contributed by atoms with van der Waals surface area (Å²) >= 11 is 5.30. The van der Waals surface area contributed by atoms with Gasteiger partial charge in [0.05, 0.1) is 0 Å². The van der Waals surface area contributed by atoms with E-state index in [4.69, 9.17) is 17.0 Å². The fourth-order valence-corrected chi connectivity index (χ4v) is 2.75. The molecule has 2 saturated carbocycles. The van der Waals surface area contributed by atoms with Crippen molar-refractivity contribution in [3.05, 3.63) is 0 Å². The Morgan fingerprint density at radius 2 is 1.89 bits per heavy atom. The molecule has 0 heterocycles. The molecule has 2 aliphatic carbocycles. The molecule has 0 spiro atoms. The lowest BCUT2D eigenvalue weighted by Gasteiger charge is -2.18. The first kappa shape index (κ1) is 14.1. The van der Waals surface area contributed by atoms with Crippen molar-refractivity contribution in [2.24, 2.45) is 17.8 Å². The lowest BCUT2D eigenvalue weighted by Crippen LogP contribution is -2.39. The van der Waals surface area contributed by atoms with E-state index in [1.165, 1.54) is 25.7 Å². The molecule has 0 bridgehead atoms. The molecule has 18 heavy (non-hydrogen) atoms. The fraction of sp³-hybridized carbons (Fsp3) is 0.929. The van der Waals surface area contributed by atoms with Gasteiger partial charge in [-0.25, -0.2) is 0 Å². The molecular weight excluding hydrogens is 244 g/mol. The molecule has 2 aliphatic rings. The molecule has 0 aliphatic heterocycles. The average Bonchev–Trinajstić information content (AvgIpc) is 3.22. The third kappa shape index (κ3) is 5.11. The van der Waals surface area contributed by atoms with Crippen LogP contribution in [0.1, 0.15) is 39.0 Å². The van der Waals surface area contributed by atoms with Crippen LogP contribution in [0, 0.1) is 17.8 Å². The van der Waals surface area contributed by atoms with Gasteiger partial charge in [-0.05, 0) is 69.0 Å². The van der Waals surface area contributed by atoms with Crippen molar-refractivity contribution >= 4 is 17.3 Å². The zero-order chi connectivity index (χ0) is 12.8. The fourth-order valence-electron chi connectivity index (χ4n) is 2.56. The first-order valence-corrected chi connectivity index (χ1v) is 7.81. The molecule has 0 radical (unpaired) electrons. The Labute approximate surface area is 116 Å². The summed E-state index contributed by atoms with van der Waals surface area (Å²) in [6.07, 6.45) is 6.79. The molecule has 2 rings (SSSR count). The summed E-state index contributed by atoms with van der Waals surface area (Å²) in [5.41, 5.74) is 0. The van der Waals surface area contributed by atoms with Gasteiger partial charge in [0.25, 0.3) is 0 Å². The monoisotopic (exact) mass is 270 g/mol. The second kappa shape index (κ2) is 7.29. The zero-order valence-electron chi connectivity index (χ0n) is 11.4. The molecule has 2 N–H and O–H groups in total. The smallest absolute Gasteiger partial charge is 0.166 e. The first-order valence-electron chi connectivity index (χ1n) is 7.40. The van der Waals surface area contributed by atoms with Gasteiger partial charge < -0.3 is 15.4 Å². The molecule has 0 amide bonds. The third-order valence-electron chi connectivity index (χ3n) is 3.91.